The molecule has 0 aromatic heterocycles. The van der Waals surface area contributed by atoms with Gasteiger partial charge in [-0.05, 0) is 30.8 Å². The lowest BCUT2D eigenvalue weighted by atomic mass is 10.1. The van der Waals surface area contributed by atoms with Crippen molar-refractivity contribution in [2.75, 3.05) is 14.2 Å². The molecular formula is C10H12BrNO3. The molecule has 15 heavy (non-hydrogen) atoms. The lowest BCUT2D eigenvalue weighted by Crippen LogP contribution is -2.25. The van der Waals surface area contributed by atoms with Crippen LogP contribution < -0.4 is 10.1 Å². The van der Waals surface area contributed by atoms with Crippen LogP contribution in [0.15, 0.2) is 22.7 Å². The topological polar surface area (TPSA) is 58.6 Å². The maximum atomic E-state index is 11.0. The van der Waals surface area contributed by atoms with E-state index in [2.05, 4.69) is 21.2 Å². The summed E-state index contributed by atoms with van der Waals surface area (Å²) in [5, 5.41) is 11.7. The Balaban J connectivity index is 3.15. The van der Waals surface area contributed by atoms with E-state index in [-0.39, 0.29) is 0 Å². The van der Waals surface area contributed by atoms with Crippen molar-refractivity contribution in [3.63, 3.8) is 0 Å². The smallest absolute Gasteiger partial charge is 0.325 e. The average molecular weight is 274 g/mol. The lowest BCUT2D eigenvalue weighted by molar-refractivity contribution is -0.139. The van der Waals surface area contributed by atoms with Gasteiger partial charge in [0, 0.05) is 4.47 Å². The highest BCUT2D eigenvalue weighted by Crippen LogP contribution is 2.27. The molecule has 1 atom stereocenters. The zero-order valence-corrected chi connectivity index (χ0v) is 10.0. The van der Waals surface area contributed by atoms with Crippen LogP contribution in [-0.2, 0) is 4.79 Å². The Bertz CT molecular complexity index is 368. The van der Waals surface area contributed by atoms with Gasteiger partial charge >= 0.3 is 5.97 Å². The SMILES string of the molecule is CNC(C(=O)O)c1cc(OC)ccc1Br. The third-order valence-electron chi connectivity index (χ3n) is 2.05. The summed E-state index contributed by atoms with van der Waals surface area (Å²) in [7, 11) is 3.15. The highest BCUT2D eigenvalue weighted by Gasteiger charge is 2.20. The van der Waals surface area contributed by atoms with Gasteiger partial charge in [0.1, 0.15) is 11.8 Å². The molecule has 1 rings (SSSR count). The highest BCUT2D eigenvalue weighted by molar-refractivity contribution is 9.10. The summed E-state index contributed by atoms with van der Waals surface area (Å²) in [6.07, 6.45) is 0. The highest BCUT2D eigenvalue weighted by atomic mass is 79.9. The second-order valence-electron chi connectivity index (χ2n) is 2.95. The Morgan fingerprint density at radius 2 is 2.27 bits per heavy atom. The molecule has 0 fully saturated rings. The summed E-state index contributed by atoms with van der Waals surface area (Å²) >= 11 is 3.31. The molecule has 0 saturated heterocycles. The number of carboxylic acids is 1. The van der Waals surface area contributed by atoms with Gasteiger partial charge in [-0.2, -0.15) is 0 Å². The molecule has 1 unspecified atom stereocenters. The van der Waals surface area contributed by atoms with E-state index >= 15 is 0 Å². The maximum Gasteiger partial charge on any atom is 0.325 e. The molecule has 82 valence electrons. The Kier molecular flexibility index (Phi) is 4.11. The van der Waals surface area contributed by atoms with Crippen LogP contribution in [0.2, 0.25) is 0 Å². The van der Waals surface area contributed by atoms with Crippen molar-refractivity contribution < 1.29 is 14.6 Å². The minimum atomic E-state index is -0.925. The van der Waals surface area contributed by atoms with Gasteiger partial charge in [-0.1, -0.05) is 15.9 Å². The minimum absolute atomic E-state index is 0.634. The van der Waals surface area contributed by atoms with Crippen LogP contribution in [0.25, 0.3) is 0 Å². The van der Waals surface area contributed by atoms with Gasteiger partial charge in [0.05, 0.1) is 7.11 Å². The van der Waals surface area contributed by atoms with Gasteiger partial charge in [0.2, 0.25) is 0 Å². The normalized spacial score (nSPS) is 12.2. The Hall–Kier alpha value is -1.07. The van der Waals surface area contributed by atoms with Crippen molar-refractivity contribution in [3.8, 4) is 5.75 Å². The largest absolute Gasteiger partial charge is 0.497 e. The van der Waals surface area contributed by atoms with E-state index in [9.17, 15) is 4.79 Å². The van der Waals surface area contributed by atoms with Crippen LogP contribution in [-0.4, -0.2) is 25.2 Å². The predicted octanol–water partition coefficient (Wildman–Crippen LogP) is 1.80. The van der Waals surface area contributed by atoms with Gasteiger partial charge in [-0.25, -0.2) is 0 Å². The van der Waals surface area contributed by atoms with Crippen LogP contribution >= 0.6 is 15.9 Å². The molecule has 0 aliphatic heterocycles. The maximum absolute atomic E-state index is 11.0. The van der Waals surface area contributed by atoms with Gasteiger partial charge in [-0.3, -0.25) is 4.79 Å². The summed E-state index contributed by atoms with van der Waals surface area (Å²) in [4.78, 5) is 11.0. The van der Waals surface area contributed by atoms with E-state index < -0.39 is 12.0 Å². The van der Waals surface area contributed by atoms with Crippen molar-refractivity contribution in [2.45, 2.75) is 6.04 Å². The number of hydrogen-bond acceptors (Lipinski definition) is 3. The number of likely N-dealkylation sites (N-methyl/N-ethyl adjacent to an activating group) is 1. The van der Waals surface area contributed by atoms with E-state index in [1.54, 1.807) is 32.4 Å². The first-order valence-corrected chi connectivity index (χ1v) is 5.13. The lowest BCUT2D eigenvalue weighted by Gasteiger charge is -2.14. The van der Waals surface area contributed by atoms with Crippen molar-refractivity contribution in [1.29, 1.82) is 0 Å². The molecule has 0 spiro atoms. The van der Waals surface area contributed by atoms with Crippen LogP contribution in [0.4, 0.5) is 0 Å². The van der Waals surface area contributed by atoms with E-state index in [1.807, 2.05) is 0 Å². The third-order valence-corrected chi connectivity index (χ3v) is 2.77. The molecule has 4 nitrogen and oxygen atoms in total. The minimum Gasteiger partial charge on any atom is -0.497 e. The number of ether oxygens (including phenoxy) is 1. The number of aliphatic carboxylic acids is 1. The van der Waals surface area contributed by atoms with Gasteiger partial charge in [-0.15, -0.1) is 0 Å². The Morgan fingerprint density at radius 3 is 2.73 bits per heavy atom. The monoisotopic (exact) mass is 273 g/mol. The number of carbonyl (C=O) groups is 1. The molecule has 0 bridgehead atoms. The molecule has 0 heterocycles. The van der Waals surface area contributed by atoms with Crippen molar-refractivity contribution in [1.82, 2.24) is 5.32 Å². The molecule has 0 amide bonds. The van der Waals surface area contributed by atoms with Gasteiger partial charge in [0.15, 0.2) is 0 Å². The zero-order valence-electron chi connectivity index (χ0n) is 8.45. The van der Waals surface area contributed by atoms with Crippen LogP contribution in [0, 0.1) is 0 Å². The fourth-order valence-corrected chi connectivity index (χ4v) is 1.76. The van der Waals surface area contributed by atoms with E-state index in [4.69, 9.17) is 9.84 Å². The number of halogens is 1. The summed E-state index contributed by atoms with van der Waals surface area (Å²) in [6.45, 7) is 0. The number of nitrogens with one attached hydrogen (secondary N) is 1. The van der Waals surface area contributed by atoms with Crippen molar-refractivity contribution in [2.24, 2.45) is 0 Å². The number of benzene rings is 1. The first kappa shape index (κ1) is 12.0. The molecule has 0 aliphatic carbocycles. The standard InChI is InChI=1S/C10H12BrNO3/c1-12-9(10(13)14)7-5-6(15-2)3-4-8(7)11/h3-5,9,12H,1-2H3,(H,13,14). The Labute approximate surface area is 96.4 Å². The quantitative estimate of drug-likeness (QED) is 0.879. The summed E-state index contributed by atoms with van der Waals surface area (Å²) in [5.74, 6) is -0.291. The van der Waals surface area contributed by atoms with Crippen molar-refractivity contribution in [3.05, 3.63) is 28.2 Å². The first-order chi connectivity index (χ1) is 7.10. The Morgan fingerprint density at radius 1 is 1.60 bits per heavy atom. The third kappa shape index (κ3) is 2.70. The summed E-state index contributed by atoms with van der Waals surface area (Å²) < 4.78 is 5.78. The van der Waals surface area contributed by atoms with E-state index in [0.29, 0.717) is 11.3 Å². The number of carboxylic acid groups (broad SMARTS) is 1. The molecule has 5 heteroatoms. The summed E-state index contributed by atoms with van der Waals surface area (Å²) in [6, 6.07) is 4.48. The van der Waals surface area contributed by atoms with E-state index in [0.717, 1.165) is 4.47 Å². The second kappa shape index (κ2) is 5.14. The fourth-order valence-electron chi connectivity index (χ4n) is 1.28. The molecule has 1 aromatic rings. The number of hydrogen-bond donors (Lipinski definition) is 2. The van der Waals surface area contributed by atoms with Crippen LogP contribution in [0.5, 0.6) is 5.75 Å². The average Bonchev–Trinajstić information content (AvgIpc) is 2.21. The number of rotatable bonds is 4. The second-order valence-corrected chi connectivity index (χ2v) is 3.80. The molecule has 1 aromatic carbocycles. The molecule has 0 saturated carbocycles. The number of methoxy groups -OCH3 is 1. The van der Waals surface area contributed by atoms with Gasteiger partial charge < -0.3 is 15.2 Å². The van der Waals surface area contributed by atoms with Crippen molar-refractivity contribution >= 4 is 21.9 Å². The van der Waals surface area contributed by atoms with E-state index in [1.165, 1.54) is 0 Å². The van der Waals surface area contributed by atoms with Crippen LogP contribution in [0.3, 0.4) is 0 Å². The fraction of sp³-hybridized carbons (Fsp3) is 0.300. The molecule has 0 radical (unpaired) electrons. The molecular weight excluding hydrogens is 262 g/mol. The predicted molar refractivity (Wildman–Crippen MR) is 60.1 cm³/mol. The molecule has 2 N–H and O–H groups in total. The first-order valence-electron chi connectivity index (χ1n) is 4.33. The van der Waals surface area contributed by atoms with Crippen LogP contribution in [0.1, 0.15) is 11.6 Å². The summed E-state index contributed by atoms with van der Waals surface area (Å²) in [5.41, 5.74) is 0.643. The molecule has 0 aliphatic rings. The zero-order chi connectivity index (χ0) is 11.4. The van der Waals surface area contributed by atoms with Gasteiger partial charge in [0.25, 0.3) is 0 Å².